The summed E-state index contributed by atoms with van der Waals surface area (Å²) in [6, 6.07) is 1.98. The molecule has 3 rings (SSSR count). The van der Waals surface area contributed by atoms with Crippen LogP contribution in [-0.4, -0.2) is 31.4 Å². The summed E-state index contributed by atoms with van der Waals surface area (Å²) in [5.74, 6) is 2.15. The molecule has 1 saturated carbocycles. The summed E-state index contributed by atoms with van der Waals surface area (Å²) < 4.78 is 0. The molecule has 0 bridgehead atoms. The average Bonchev–Trinajstić information content (AvgIpc) is 3.08. The van der Waals surface area contributed by atoms with Gasteiger partial charge in [-0.3, -0.25) is 10.1 Å². The van der Waals surface area contributed by atoms with Crippen LogP contribution in [0.15, 0.2) is 18.5 Å². The van der Waals surface area contributed by atoms with E-state index in [0.717, 1.165) is 36.5 Å². The number of rotatable bonds is 4. The number of nitrogens with zero attached hydrogens (tertiary/aromatic N) is 3. The van der Waals surface area contributed by atoms with Crippen LogP contribution in [0.5, 0.6) is 0 Å². The maximum atomic E-state index is 9.64. The molecule has 0 aliphatic heterocycles. The predicted octanol–water partition coefficient (Wildman–Crippen LogP) is 2.70. The quantitative estimate of drug-likeness (QED) is 0.805. The van der Waals surface area contributed by atoms with Gasteiger partial charge >= 0.3 is 0 Å². The lowest BCUT2D eigenvalue weighted by Gasteiger charge is -2.10. The molecule has 0 amide bonds. The van der Waals surface area contributed by atoms with Gasteiger partial charge < -0.3 is 10.4 Å². The van der Waals surface area contributed by atoms with Gasteiger partial charge in [-0.2, -0.15) is 5.10 Å². The van der Waals surface area contributed by atoms with Crippen molar-refractivity contribution in [2.75, 3.05) is 5.32 Å². The molecular weight excluding hydrogens is 266 g/mol. The van der Waals surface area contributed by atoms with Crippen molar-refractivity contribution in [2.24, 2.45) is 0 Å². The molecule has 2 aromatic rings. The molecule has 0 saturated heterocycles. The van der Waals surface area contributed by atoms with E-state index in [9.17, 15) is 5.11 Å². The Morgan fingerprint density at radius 2 is 2.14 bits per heavy atom. The molecular formula is C15H21N5O. The maximum absolute atomic E-state index is 9.64. The Morgan fingerprint density at radius 3 is 2.81 bits per heavy atom. The van der Waals surface area contributed by atoms with Gasteiger partial charge in [-0.25, -0.2) is 4.98 Å². The number of anilines is 2. The Labute approximate surface area is 124 Å². The highest BCUT2D eigenvalue weighted by Gasteiger charge is 2.25. The van der Waals surface area contributed by atoms with Crippen LogP contribution in [0.2, 0.25) is 0 Å². The first-order chi connectivity index (χ1) is 10.1. The number of nitrogens with one attached hydrogen (secondary N) is 2. The van der Waals surface area contributed by atoms with E-state index < -0.39 is 0 Å². The monoisotopic (exact) mass is 287 g/mol. The molecule has 2 atom stereocenters. The molecule has 2 aromatic heterocycles. The van der Waals surface area contributed by atoms with Crippen LogP contribution in [0.25, 0.3) is 0 Å². The van der Waals surface area contributed by atoms with Crippen LogP contribution in [0.1, 0.15) is 56.3 Å². The van der Waals surface area contributed by atoms with Crippen LogP contribution < -0.4 is 5.32 Å². The van der Waals surface area contributed by atoms with Crippen molar-refractivity contribution in [1.82, 2.24) is 20.2 Å². The zero-order valence-corrected chi connectivity index (χ0v) is 12.4. The van der Waals surface area contributed by atoms with Crippen LogP contribution in [0, 0.1) is 0 Å². The second kappa shape index (κ2) is 5.81. The van der Waals surface area contributed by atoms with Gasteiger partial charge in [0.15, 0.2) is 5.82 Å². The van der Waals surface area contributed by atoms with Crippen molar-refractivity contribution in [3.8, 4) is 0 Å². The molecule has 0 unspecified atom stereocenters. The zero-order valence-electron chi connectivity index (χ0n) is 12.4. The van der Waals surface area contributed by atoms with Gasteiger partial charge in [0, 0.05) is 23.9 Å². The first kappa shape index (κ1) is 14.0. The van der Waals surface area contributed by atoms with Crippen LogP contribution in [0.4, 0.5) is 11.6 Å². The summed E-state index contributed by atoms with van der Waals surface area (Å²) in [6.45, 7) is 4.23. The predicted molar refractivity (Wildman–Crippen MR) is 80.6 cm³/mol. The van der Waals surface area contributed by atoms with Gasteiger partial charge in [-0.15, -0.1) is 0 Å². The van der Waals surface area contributed by atoms with E-state index >= 15 is 0 Å². The first-order valence-corrected chi connectivity index (χ1v) is 7.44. The van der Waals surface area contributed by atoms with Gasteiger partial charge in [-0.1, -0.05) is 13.8 Å². The molecule has 1 aliphatic carbocycles. The number of aromatic nitrogens is 4. The summed E-state index contributed by atoms with van der Waals surface area (Å²) in [4.78, 5) is 8.85. The van der Waals surface area contributed by atoms with E-state index in [2.05, 4.69) is 39.3 Å². The lowest BCUT2D eigenvalue weighted by molar-refractivity contribution is 0.181. The summed E-state index contributed by atoms with van der Waals surface area (Å²) in [5.41, 5.74) is 2.02. The smallest absolute Gasteiger partial charge is 0.153 e. The molecule has 3 N–H and O–H groups in total. The van der Waals surface area contributed by atoms with Crippen LogP contribution >= 0.6 is 0 Å². The molecule has 6 nitrogen and oxygen atoms in total. The molecule has 0 aromatic carbocycles. The second-order valence-electron chi connectivity index (χ2n) is 5.98. The first-order valence-electron chi connectivity index (χ1n) is 7.44. The average molecular weight is 287 g/mol. The molecule has 6 heteroatoms. The summed E-state index contributed by atoms with van der Waals surface area (Å²) >= 11 is 0. The molecule has 21 heavy (non-hydrogen) atoms. The number of aromatic amines is 1. The fourth-order valence-corrected chi connectivity index (χ4v) is 2.69. The molecule has 2 heterocycles. The third-order valence-corrected chi connectivity index (χ3v) is 3.95. The minimum atomic E-state index is -0.201. The second-order valence-corrected chi connectivity index (χ2v) is 5.98. The standard InChI is InChI=1S/C15H21N5O/c1-9(2)12-6-14(20-19-12)18-15-8-16-7-13(17-15)10-3-4-11(21)5-10/h6-11,21H,3-5H2,1-2H3,(H2,17,18,19,20)/t10-,11+/m0/s1. The van der Waals surface area contributed by atoms with Gasteiger partial charge in [0.25, 0.3) is 0 Å². The molecule has 1 fully saturated rings. The van der Waals surface area contributed by atoms with E-state index in [1.165, 1.54) is 0 Å². The molecule has 0 radical (unpaired) electrons. The van der Waals surface area contributed by atoms with Crippen molar-refractivity contribution < 1.29 is 5.11 Å². The minimum Gasteiger partial charge on any atom is -0.393 e. The normalized spacial score (nSPS) is 21.9. The van der Waals surface area contributed by atoms with E-state index in [-0.39, 0.29) is 6.10 Å². The largest absolute Gasteiger partial charge is 0.393 e. The third kappa shape index (κ3) is 3.21. The highest BCUT2D eigenvalue weighted by molar-refractivity contribution is 5.51. The Balaban J connectivity index is 1.73. The van der Waals surface area contributed by atoms with Crippen molar-refractivity contribution in [1.29, 1.82) is 0 Å². The van der Waals surface area contributed by atoms with Crippen molar-refractivity contribution in [3.63, 3.8) is 0 Å². The zero-order chi connectivity index (χ0) is 14.8. The minimum absolute atomic E-state index is 0.201. The Hall–Kier alpha value is -1.95. The Morgan fingerprint density at radius 1 is 1.29 bits per heavy atom. The van der Waals surface area contributed by atoms with Crippen molar-refractivity contribution in [2.45, 2.75) is 51.0 Å². The number of aliphatic hydroxyl groups is 1. The van der Waals surface area contributed by atoms with E-state index in [4.69, 9.17) is 0 Å². The van der Waals surface area contributed by atoms with Gasteiger partial charge in [0.05, 0.1) is 18.0 Å². The summed E-state index contributed by atoms with van der Waals surface area (Å²) in [5, 5.41) is 20.1. The van der Waals surface area contributed by atoms with E-state index in [0.29, 0.717) is 17.7 Å². The van der Waals surface area contributed by atoms with Gasteiger partial charge in [-0.05, 0) is 25.2 Å². The van der Waals surface area contributed by atoms with Gasteiger partial charge in [0.2, 0.25) is 0 Å². The number of hydrogen-bond acceptors (Lipinski definition) is 5. The molecule has 1 aliphatic rings. The van der Waals surface area contributed by atoms with Crippen LogP contribution in [-0.2, 0) is 0 Å². The fourth-order valence-electron chi connectivity index (χ4n) is 2.69. The molecule has 112 valence electrons. The summed E-state index contributed by atoms with van der Waals surface area (Å²) in [7, 11) is 0. The Bertz CT molecular complexity index is 610. The molecule has 0 spiro atoms. The van der Waals surface area contributed by atoms with Crippen LogP contribution in [0.3, 0.4) is 0 Å². The van der Waals surface area contributed by atoms with Crippen molar-refractivity contribution >= 4 is 11.6 Å². The highest BCUT2D eigenvalue weighted by atomic mass is 16.3. The number of hydrogen-bond donors (Lipinski definition) is 3. The number of aliphatic hydroxyl groups excluding tert-OH is 1. The number of H-pyrrole nitrogens is 1. The van der Waals surface area contributed by atoms with Gasteiger partial charge in [0.1, 0.15) is 5.82 Å². The fraction of sp³-hybridized carbons (Fsp3) is 0.533. The van der Waals surface area contributed by atoms with Crippen molar-refractivity contribution in [3.05, 3.63) is 29.8 Å². The third-order valence-electron chi connectivity index (χ3n) is 3.95. The highest BCUT2D eigenvalue weighted by Crippen LogP contribution is 2.33. The van der Waals surface area contributed by atoms with E-state index in [1.54, 1.807) is 12.4 Å². The van der Waals surface area contributed by atoms with E-state index in [1.807, 2.05) is 6.07 Å². The maximum Gasteiger partial charge on any atom is 0.153 e. The Kier molecular flexibility index (Phi) is 3.88. The lowest BCUT2D eigenvalue weighted by atomic mass is 10.0. The summed E-state index contributed by atoms with van der Waals surface area (Å²) in [6.07, 6.45) is 5.88. The SMILES string of the molecule is CC(C)c1cc(Nc2cncc([C@H]3CC[C@@H](O)C3)n2)n[nH]1. The topological polar surface area (TPSA) is 86.7 Å². The lowest BCUT2D eigenvalue weighted by Crippen LogP contribution is -2.04.